The van der Waals surface area contributed by atoms with Gasteiger partial charge < -0.3 is 75.7 Å². The van der Waals surface area contributed by atoms with Crippen LogP contribution in [-0.2, 0) is 23.7 Å². The monoisotopic (exact) mass is 894 g/mol. The predicted molar refractivity (Wildman–Crippen MR) is 235 cm³/mol. The Morgan fingerprint density at radius 2 is 1.14 bits per heavy atom. The molecule has 63 heavy (non-hydrogen) atoms. The average molecular weight is 894 g/mol. The standard InChI is InChI=1S/C47H75NO15/c1-28-18-16-14-12-10-8-6-7-9-11-13-15-17-19-36(62-46-45(58)42(48)44(57)32(5)61-46)25-40-30(3)38(53)26-47(59,63-40)27-39(54)37(52)21-20-33(49)22-34(50)23-35(51)24-41(55)60-31(4)29(2)43(28)56/h6-19,28-40,42-46,49-54,56-59H,20-27,48H2,1-5H3/b7-6+,10-8+,11-9+,14-12+,15-13+,18-16+,19-17+/t28-,29-,30+,31-,32?,33+,34+,35+,36-,37+,38-,39+,40-,42?,43+,44+,45-,46-,47-/m0/s1. The van der Waals surface area contributed by atoms with E-state index < -0.39 is 128 Å². The molecule has 0 aromatic heterocycles. The molecule has 358 valence electrons. The summed E-state index contributed by atoms with van der Waals surface area (Å²) in [7, 11) is 0. The molecule has 19 atom stereocenters. The Hall–Kier alpha value is -2.91. The molecular weight excluding hydrogens is 819 g/mol. The second kappa shape index (κ2) is 26.9. The number of hydrogen-bond acceptors (Lipinski definition) is 16. The summed E-state index contributed by atoms with van der Waals surface area (Å²) in [4.78, 5) is 12.6. The van der Waals surface area contributed by atoms with Gasteiger partial charge in [0.2, 0.25) is 0 Å². The molecule has 0 aromatic rings. The number of cyclic esters (lactones) is 1. The third-order valence-electron chi connectivity index (χ3n) is 12.1. The van der Waals surface area contributed by atoms with Gasteiger partial charge in [0.1, 0.15) is 12.2 Å². The normalized spacial score (nSPS) is 46.6. The largest absolute Gasteiger partial charge is 0.462 e. The van der Waals surface area contributed by atoms with Gasteiger partial charge in [-0.1, -0.05) is 106 Å². The van der Waals surface area contributed by atoms with Crippen LogP contribution in [0.25, 0.3) is 0 Å². The predicted octanol–water partition coefficient (Wildman–Crippen LogP) is 1.65. The zero-order chi connectivity index (χ0) is 46.9. The highest BCUT2D eigenvalue weighted by molar-refractivity contribution is 5.70. The van der Waals surface area contributed by atoms with E-state index in [9.17, 15) is 55.9 Å². The molecule has 3 heterocycles. The van der Waals surface area contributed by atoms with Gasteiger partial charge in [0.15, 0.2) is 12.1 Å². The number of hydrogen-bond donors (Lipinski definition) is 11. The van der Waals surface area contributed by atoms with Crippen molar-refractivity contribution in [1.29, 1.82) is 0 Å². The molecule has 12 N–H and O–H groups in total. The van der Waals surface area contributed by atoms with Crippen molar-refractivity contribution in [2.75, 3.05) is 0 Å². The molecule has 2 saturated heterocycles. The highest BCUT2D eigenvalue weighted by atomic mass is 16.7. The molecule has 3 rings (SSSR count). The van der Waals surface area contributed by atoms with Gasteiger partial charge in [0.25, 0.3) is 0 Å². The van der Waals surface area contributed by atoms with E-state index in [-0.39, 0.29) is 44.4 Å². The van der Waals surface area contributed by atoms with E-state index in [4.69, 9.17) is 24.7 Å². The maximum Gasteiger partial charge on any atom is 0.308 e. The average Bonchev–Trinajstić information content (AvgIpc) is 3.21. The van der Waals surface area contributed by atoms with Crippen LogP contribution in [0.15, 0.2) is 85.1 Å². The molecule has 0 saturated carbocycles. The Labute approximate surface area is 372 Å². The van der Waals surface area contributed by atoms with Crippen molar-refractivity contribution in [2.24, 2.45) is 23.5 Å². The molecule has 0 aromatic carbocycles. The van der Waals surface area contributed by atoms with Gasteiger partial charge in [-0.15, -0.1) is 0 Å². The summed E-state index contributed by atoms with van der Waals surface area (Å²) in [5.74, 6) is -4.01. The summed E-state index contributed by atoms with van der Waals surface area (Å²) >= 11 is 0. The number of aliphatic hydroxyl groups is 10. The number of esters is 1. The van der Waals surface area contributed by atoms with Crippen LogP contribution < -0.4 is 5.73 Å². The lowest BCUT2D eigenvalue weighted by molar-refractivity contribution is -0.310. The lowest BCUT2D eigenvalue weighted by atomic mass is 9.83. The molecule has 16 nitrogen and oxygen atoms in total. The topological polar surface area (TPSA) is 282 Å². The summed E-state index contributed by atoms with van der Waals surface area (Å²) in [5.41, 5.74) is 6.05. The lowest BCUT2D eigenvalue weighted by Gasteiger charge is -2.46. The van der Waals surface area contributed by atoms with E-state index in [1.807, 2.05) is 61.6 Å². The first-order valence-electron chi connectivity index (χ1n) is 22.2. The lowest BCUT2D eigenvalue weighted by Crippen LogP contribution is -2.61. The highest BCUT2D eigenvalue weighted by Crippen LogP contribution is 2.38. The van der Waals surface area contributed by atoms with Crippen molar-refractivity contribution in [3.05, 3.63) is 85.1 Å². The Bertz CT molecular complexity index is 1570. The first-order chi connectivity index (χ1) is 29.7. The molecule has 2 bridgehead atoms. The quantitative estimate of drug-likeness (QED) is 0.176. The smallest absolute Gasteiger partial charge is 0.308 e. The molecule has 16 heteroatoms. The van der Waals surface area contributed by atoms with Crippen LogP contribution in [0.2, 0.25) is 0 Å². The molecular formula is C47H75NO15. The van der Waals surface area contributed by atoms with Gasteiger partial charge in [0, 0.05) is 37.0 Å². The zero-order valence-electron chi connectivity index (χ0n) is 37.2. The third-order valence-corrected chi connectivity index (χ3v) is 12.1. The van der Waals surface area contributed by atoms with Gasteiger partial charge in [-0.25, -0.2) is 0 Å². The third kappa shape index (κ3) is 18.5. The van der Waals surface area contributed by atoms with Crippen LogP contribution >= 0.6 is 0 Å². The summed E-state index contributed by atoms with van der Waals surface area (Å²) in [6.07, 6.45) is 8.08. The first kappa shape index (κ1) is 54.4. The fraction of sp³-hybridized carbons (Fsp3) is 0.681. The fourth-order valence-corrected chi connectivity index (χ4v) is 7.79. The van der Waals surface area contributed by atoms with Gasteiger partial charge in [-0.05, 0) is 39.5 Å². The van der Waals surface area contributed by atoms with Crippen LogP contribution in [-0.4, -0.2) is 155 Å². The van der Waals surface area contributed by atoms with Crippen LogP contribution in [0.4, 0.5) is 0 Å². The van der Waals surface area contributed by atoms with E-state index in [2.05, 4.69) is 0 Å². The van der Waals surface area contributed by atoms with Crippen molar-refractivity contribution >= 4 is 5.97 Å². The minimum atomic E-state index is -2.08. The number of carbonyl (C=O) groups is 1. The fourth-order valence-electron chi connectivity index (χ4n) is 7.79. The van der Waals surface area contributed by atoms with Crippen molar-refractivity contribution < 1.29 is 74.8 Å². The maximum absolute atomic E-state index is 12.6. The van der Waals surface area contributed by atoms with Gasteiger partial charge in [-0.3, -0.25) is 4.79 Å². The summed E-state index contributed by atoms with van der Waals surface area (Å²) in [5, 5.41) is 108. The Kier molecular flexibility index (Phi) is 23.2. The van der Waals surface area contributed by atoms with Crippen molar-refractivity contribution in [3.63, 3.8) is 0 Å². The van der Waals surface area contributed by atoms with Crippen LogP contribution in [0.1, 0.15) is 86.0 Å². The Morgan fingerprint density at radius 1 is 0.603 bits per heavy atom. The summed E-state index contributed by atoms with van der Waals surface area (Å²) in [6, 6.07) is -1.05. The summed E-state index contributed by atoms with van der Waals surface area (Å²) < 4.78 is 23.5. The summed E-state index contributed by atoms with van der Waals surface area (Å²) in [6.45, 7) is 8.60. The second-order valence-corrected chi connectivity index (χ2v) is 17.6. The van der Waals surface area contributed by atoms with Crippen molar-refractivity contribution in [2.45, 2.75) is 183 Å². The van der Waals surface area contributed by atoms with Gasteiger partial charge in [-0.2, -0.15) is 0 Å². The maximum atomic E-state index is 12.6. The molecule has 2 unspecified atom stereocenters. The molecule has 0 radical (unpaired) electrons. The number of nitrogens with two attached hydrogens (primary N) is 1. The Morgan fingerprint density at radius 3 is 1.75 bits per heavy atom. The van der Waals surface area contributed by atoms with Crippen LogP contribution in [0.5, 0.6) is 0 Å². The molecule has 0 spiro atoms. The van der Waals surface area contributed by atoms with E-state index in [0.29, 0.717) is 0 Å². The number of fused-ring (bicyclic) bond motifs is 2. The van der Waals surface area contributed by atoms with Crippen LogP contribution in [0, 0.1) is 17.8 Å². The zero-order valence-corrected chi connectivity index (χ0v) is 37.2. The van der Waals surface area contributed by atoms with Crippen molar-refractivity contribution in [1.82, 2.24) is 0 Å². The van der Waals surface area contributed by atoms with E-state index in [1.165, 1.54) is 0 Å². The minimum Gasteiger partial charge on any atom is -0.462 e. The van der Waals surface area contributed by atoms with E-state index in [0.717, 1.165) is 0 Å². The van der Waals surface area contributed by atoms with Crippen molar-refractivity contribution in [3.8, 4) is 0 Å². The van der Waals surface area contributed by atoms with E-state index in [1.54, 1.807) is 58.1 Å². The Balaban J connectivity index is 1.81. The molecule has 3 aliphatic heterocycles. The molecule has 0 amide bonds. The molecule has 2 fully saturated rings. The first-order valence-corrected chi connectivity index (χ1v) is 22.2. The van der Waals surface area contributed by atoms with Crippen LogP contribution in [0.3, 0.4) is 0 Å². The SMILES string of the molecule is CC1O[C@@H](O[C@H]2/C=C/C=C/C=C/C=C/C=C/C=C/C=C/[C@H](C)[C@@H](O)[C@@H](C)[C@H](C)OC(=O)C[C@H](O)C[C@H](O)C[C@H](O)CC[C@@H](O)[C@H](O)C[C@]3(O)C[C@H](O)[C@@H](C)[C@H](C2)O3)[C@@H](O)C(N)[C@@H]1O. The number of allylic oxidation sites excluding steroid dienone is 12. The van der Waals surface area contributed by atoms with E-state index >= 15 is 0 Å². The number of aliphatic hydroxyl groups excluding tert-OH is 9. The number of rotatable bonds is 2. The number of carbonyl (C=O) groups excluding carboxylic acids is 1. The molecule has 0 aliphatic carbocycles. The number of ether oxygens (including phenoxy) is 4. The molecule has 3 aliphatic rings. The van der Waals surface area contributed by atoms with Gasteiger partial charge >= 0.3 is 5.97 Å². The second-order valence-electron chi connectivity index (χ2n) is 17.6. The van der Waals surface area contributed by atoms with Gasteiger partial charge in [0.05, 0.1) is 79.6 Å². The minimum absolute atomic E-state index is 0.0428. The highest BCUT2D eigenvalue weighted by Gasteiger charge is 2.47.